The molecule has 0 bridgehead atoms. The Hall–Kier alpha value is 1.51. The number of unbranched alkanes of at least 4 members (excludes halogenated alkanes) is 9. The van der Waals surface area contributed by atoms with E-state index in [9.17, 15) is 18.1 Å². The van der Waals surface area contributed by atoms with Crippen LogP contribution in [0.5, 0.6) is 0 Å². The van der Waals surface area contributed by atoms with E-state index in [1.807, 2.05) is 0 Å². The van der Waals surface area contributed by atoms with Gasteiger partial charge in [0, 0.05) is 5.25 Å². The Bertz CT molecular complexity index is 374. The van der Waals surface area contributed by atoms with Gasteiger partial charge < -0.3 is 9.66 Å². The zero-order chi connectivity index (χ0) is 18.3. The SMILES string of the molecule is CCCCCCCC(O)CCCCCCCCC(CC)S(=O)(=O)[O-].[K+]. The van der Waals surface area contributed by atoms with E-state index in [0.29, 0.717) is 12.8 Å². The predicted octanol–water partition coefficient (Wildman–Crippen LogP) is 2.16. The number of aliphatic hydroxyl groups excluding tert-OH is 1. The smallest absolute Gasteiger partial charge is 0.748 e. The van der Waals surface area contributed by atoms with Crippen LogP contribution in [0.15, 0.2) is 0 Å². The van der Waals surface area contributed by atoms with Crippen LogP contribution in [0.3, 0.4) is 0 Å². The molecule has 0 aliphatic rings. The molecule has 2 unspecified atom stereocenters. The fourth-order valence-electron chi connectivity index (χ4n) is 3.14. The van der Waals surface area contributed by atoms with Crippen molar-refractivity contribution >= 4 is 10.1 Å². The summed E-state index contributed by atoms with van der Waals surface area (Å²) in [6.07, 6.45) is 15.1. The molecule has 0 spiro atoms. The minimum absolute atomic E-state index is 0. The van der Waals surface area contributed by atoms with Gasteiger partial charge in [0.05, 0.1) is 16.2 Å². The third kappa shape index (κ3) is 18.6. The number of rotatable bonds is 17. The van der Waals surface area contributed by atoms with Crippen LogP contribution in [-0.4, -0.2) is 29.4 Å². The van der Waals surface area contributed by atoms with Crippen LogP contribution < -0.4 is 51.4 Å². The molecular formula is C19H39KO4S. The first-order chi connectivity index (χ1) is 11.4. The molecule has 0 aliphatic heterocycles. The molecule has 0 aromatic carbocycles. The summed E-state index contributed by atoms with van der Waals surface area (Å²) < 4.78 is 32.9. The monoisotopic (exact) mass is 402 g/mol. The third-order valence-corrected chi connectivity index (χ3v) is 6.20. The molecule has 0 aromatic rings. The molecule has 1 N–H and O–H groups in total. The zero-order valence-corrected chi connectivity index (χ0v) is 20.8. The molecule has 0 saturated carbocycles. The van der Waals surface area contributed by atoms with Crippen LogP contribution in [0.25, 0.3) is 0 Å². The van der Waals surface area contributed by atoms with E-state index in [1.165, 1.54) is 25.7 Å². The van der Waals surface area contributed by atoms with Gasteiger partial charge in [0.25, 0.3) is 0 Å². The van der Waals surface area contributed by atoms with Gasteiger partial charge in [-0.2, -0.15) is 0 Å². The van der Waals surface area contributed by atoms with Crippen molar-refractivity contribution in [1.29, 1.82) is 0 Å². The Morgan fingerprint density at radius 2 is 1.16 bits per heavy atom. The van der Waals surface area contributed by atoms with Crippen molar-refractivity contribution in [1.82, 2.24) is 0 Å². The molecule has 0 amide bonds. The Labute approximate surface area is 199 Å². The molecule has 0 rings (SSSR count). The summed E-state index contributed by atoms with van der Waals surface area (Å²) in [5, 5.41) is 9.22. The fourth-order valence-corrected chi connectivity index (χ4v) is 4.00. The quantitative estimate of drug-likeness (QED) is 0.230. The average Bonchev–Trinajstić information content (AvgIpc) is 2.52. The maximum absolute atomic E-state index is 11.0. The largest absolute Gasteiger partial charge is 1.00 e. The minimum Gasteiger partial charge on any atom is -0.748 e. The maximum atomic E-state index is 11.0. The molecule has 0 fully saturated rings. The Kier molecular flexibility index (Phi) is 21.7. The second-order valence-corrected chi connectivity index (χ2v) is 8.73. The van der Waals surface area contributed by atoms with Crippen molar-refractivity contribution in [3.8, 4) is 0 Å². The number of aliphatic hydroxyl groups is 1. The normalized spacial score (nSPS) is 14.1. The van der Waals surface area contributed by atoms with E-state index in [-0.39, 0.29) is 57.5 Å². The van der Waals surface area contributed by atoms with E-state index >= 15 is 0 Å². The molecule has 2 atom stereocenters. The van der Waals surface area contributed by atoms with Crippen molar-refractivity contribution in [3.05, 3.63) is 0 Å². The van der Waals surface area contributed by atoms with Crippen LogP contribution >= 0.6 is 0 Å². The van der Waals surface area contributed by atoms with Gasteiger partial charge in [0.15, 0.2) is 0 Å². The molecule has 0 heterocycles. The Balaban J connectivity index is 0. The molecule has 25 heavy (non-hydrogen) atoms. The zero-order valence-electron chi connectivity index (χ0n) is 16.8. The van der Waals surface area contributed by atoms with Crippen LogP contribution in [0.4, 0.5) is 0 Å². The van der Waals surface area contributed by atoms with Crippen LogP contribution in [0.2, 0.25) is 0 Å². The van der Waals surface area contributed by atoms with Crippen LogP contribution in [-0.2, 0) is 10.1 Å². The standard InChI is InChI=1S/C19H40O4S.K/c1-3-5-6-9-12-15-18(20)16-13-10-7-8-11-14-17-19(4-2)24(21,22)23;/h18-20H,3-17H2,1-2H3,(H,21,22,23);/q;+1/p-1. The summed E-state index contributed by atoms with van der Waals surface area (Å²) in [7, 11) is -4.12. The second kappa shape index (κ2) is 18.9. The summed E-state index contributed by atoms with van der Waals surface area (Å²) in [4.78, 5) is 0. The van der Waals surface area contributed by atoms with Gasteiger partial charge in [-0.05, 0) is 25.7 Å². The van der Waals surface area contributed by atoms with Gasteiger partial charge in [0.1, 0.15) is 0 Å². The first-order valence-corrected chi connectivity index (χ1v) is 11.5. The fraction of sp³-hybridized carbons (Fsp3) is 1.00. The predicted molar refractivity (Wildman–Crippen MR) is 100 cm³/mol. The van der Waals surface area contributed by atoms with E-state index in [0.717, 1.165) is 57.8 Å². The molecular weight excluding hydrogens is 363 g/mol. The van der Waals surface area contributed by atoms with E-state index in [4.69, 9.17) is 0 Å². The molecule has 146 valence electrons. The van der Waals surface area contributed by atoms with Crippen molar-refractivity contribution in [2.45, 2.75) is 122 Å². The van der Waals surface area contributed by atoms with Crippen LogP contribution in [0.1, 0.15) is 110 Å². The molecule has 0 aliphatic carbocycles. The molecule has 6 heteroatoms. The minimum atomic E-state index is -4.12. The van der Waals surface area contributed by atoms with E-state index in [2.05, 4.69) is 6.92 Å². The van der Waals surface area contributed by atoms with Gasteiger partial charge in [-0.1, -0.05) is 84.5 Å². The maximum Gasteiger partial charge on any atom is 1.00 e. The molecule has 4 nitrogen and oxygen atoms in total. The van der Waals surface area contributed by atoms with Crippen molar-refractivity contribution in [2.24, 2.45) is 0 Å². The molecule has 0 saturated heterocycles. The number of hydrogen-bond donors (Lipinski definition) is 1. The third-order valence-electron chi connectivity index (χ3n) is 4.82. The Morgan fingerprint density at radius 3 is 1.56 bits per heavy atom. The first-order valence-electron chi connectivity index (χ1n) is 10.0. The van der Waals surface area contributed by atoms with Gasteiger partial charge >= 0.3 is 51.4 Å². The van der Waals surface area contributed by atoms with Gasteiger partial charge in [-0.3, -0.25) is 0 Å². The average molecular weight is 403 g/mol. The summed E-state index contributed by atoms with van der Waals surface area (Å²) in [5.41, 5.74) is 0. The number of hydrogen-bond acceptors (Lipinski definition) is 4. The topological polar surface area (TPSA) is 77.4 Å². The van der Waals surface area contributed by atoms with Crippen molar-refractivity contribution < 1.29 is 69.5 Å². The summed E-state index contributed by atoms with van der Waals surface area (Å²) in [6, 6.07) is 0. The van der Waals surface area contributed by atoms with E-state index in [1.54, 1.807) is 6.92 Å². The van der Waals surface area contributed by atoms with Gasteiger partial charge in [-0.15, -0.1) is 0 Å². The summed E-state index contributed by atoms with van der Waals surface area (Å²) in [6.45, 7) is 3.97. The van der Waals surface area contributed by atoms with Crippen molar-refractivity contribution in [2.75, 3.05) is 0 Å². The summed E-state index contributed by atoms with van der Waals surface area (Å²) >= 11 is 0. The van der Waals surface area contributed by atoms with Crippen LogP contribution in [0, 0.1) is 0 Å². The van der Waals surface area contributed by atoms with Gasteiger partial charge in [0.2, 0.25) is 0 Å². The van der Waals surface area contributed by atoms with E-state index < -0.39 is 15.4 Å². The molecule has 0 radical (unpaired) electrons. The van der Waals surface area contributed by atoms with Gasteiger partial charge in [-0.25, -0.2) is 8.42 Å². The first kappa shape index (κ1) is 28.7. The summed E-state index contributed by atoms with van der Waals surface area (Å²) in [5.74, 6) is 0. The Morgan fingerprint density at radius 1 is 0.760 bits per heavy atom. The van der Waals surface area contributed by atoms with Crippen molar-refractivity contribution in [3.63, 3.8) is 0 Å². The molecule has 0 aromatic heterocycles. The second-order valence-electron chi connectivity index (χ2n) is 7.08.